The molecule has 0 bridgehead atoms. The van der Waals surface area contributed by atoms with Crippen LogP contribution in [0.1, 0.15) is 237 Å². The summed E-state index contributed by atoms with van der Waals surface area (Å²) >= 11 is 0. The van der Waals surface area contributed by atoms with E-state index >= 15 is 4.79 Å². The monoisotopic (exact) mass is 1380 g/mol. The molecule has 11 amide bonds. The third-order valence-corrected chi connectivity index (χ3v) is 17.1. The van der Waals surface area contributed by atoms with Crippen LogP contribution in [0.3, 0.4) is 0 Å². The number of likely N-dealkylation sites (N-methyl/N-ethyl adjacent to an activating group) is 2. The van der Waals surface area contributed by atoms with Crippen molar-refractivity contribution in [3.63, 3.8) is 0 Å². The molecule has 0 fully saturated rings. The van der Waals surface area contributed by atoms with Crippen LogP contribution in [0.25, 0.3) is 0 Å². The van der Waals surface area contributed by atoms with Crippen LogP contribution in [0.15, 0.2) is 4.99 Å². The SMILES string of the molecule is CCCCCCCCCCCCC(=O)NCC(=O)N[C@@H](CC(C)C)C(=O)N(C)[C@@H](CC(C)C)C(=O)N[C@@H](CCCCN)C(=O)N[C@@H](CCCN=C(N)N)C(=O)N(C)[C@H](C(=O)N[C@@H](CCCCN)C(=O)N[C@H](C(=O)N[C@@H](CC(C)C)C(=O)N[C@@H](CC(C)C)C(N)=O)[C@@H](C)O)[C@@H](C)CC. The van der Waals surface area contributed by atoms with E-state index < -0.39 is 125 Å². The second-order valence-corrected chi connectivity index (χ2v) is 28.0. The van der Waals surface area contributed by atoms with Gasteiger partial charge < -0.3 is 86.1 Å². The van der Waals surface area contributed by atoms with Crippen LogP contribution in [-0.2, 0) is 52.7 Å². The van der Waals surface area contributed by atoms with Gasteiger partial charge in [-0.2, -0.15) is 0 Å². The lowest BCUT2D eigenvalue weighted by atomic mass is 9.95. The predicted molar refractivity (Wildman–Crippen MR) is 380 cm³/mol. The summed E-state index contributed by atoms with van der Waals surface area (Å²) in [5.41, 5.74) is 28.6. The van der Waals surface area contributed by atoms with E-state index in [1.165, 1.54) is 69.3 Å². The summed E-state index contributed by atoms with van der Waals surface area (Å²) in [5, 5.41) is 32.7. The number of rotatable bonds is 54. The van der Waals surface area contributed by atoms with E-state index in [0.717, 1.165) is 19.3 Å². The van der Waals surface area contributed by atoms with E-state index in [1.807, 2.05) is 55.4 Å². The molecule has 28 nitrogen and oxygen atoms in total. The number of carbonyl (C=O) groups excluding carboxylic acids is 11. The lowest BCUT2D eigenvalue weighted by Gasteiger charge is -2.36. The summed E-state index contributed by atoms with van der Waals surface area (Å²) in [6.45, 7) is 22.1. The van der Waals surface area contributed by atoms with Gasteiger partial charge in [-0.1, -0.05) is 140 Å². The van der Waals surface area contributed by atoms with Crippen molar-refractivity contribution < 1.29 is 57.8 Å². The van der Waals surface area contributed by atoms with Gasteiger partial charge in [0.1, 0.15) is 54.4 Å². The Kier molecular flexibility index (Phi) is 47.1. The van der Waals surface area contributed by atoms with Crippen molar-refractivity contribution in [2.45, 2.75) is 298 Å². The number of primary amides is 1. The molecule has 0 aromatic rings. The maximum absolute atomic E-state index is 15.1. The normalized spacial score (nSPS) is 14.9. The Balaban J connectivity index is 7.03. The fourth-order valence-electron chi connectivity index (χ4n) is 11.4. The third kappa shape index (κ3) is 38.3. The average Bonchev–Trinajstić information content (AvgIpc) is 0.838. The number of aliphatic hydroxyl groups is 1. The van der Waals surface area contributed by atoms with Gasteiger partial charge in [0, 0.05) is 27.1 Å². The molecule has 11 atom stereocenters. The number of nitrogens with zero attached hydrogens (tertiary/aromatic N) is 3. The van der Waals surface area contributed by atoms with E-state index in [-0.39, 0.29) is 120 Å². The molecule has 28 heteroatoms. The number of unbranched alkanes of at least 4 members (excludes halogenated alkanes) is 11. The van der Waals surface area contributed by atoms with Crippen molar-refractivity contribution in [2.75, 3.05) is 40.3 Å². The lowest BCUT2D eigenvalue weighted by molar-refractivity contribution is -0.145. The van der Waals surface area contributed by atoms with Gasteiger partial charge in [0.2, 0.25) is 65.0 Å². The number of nitrogens with one attached hydrogen (secondary N) is 8. The van der Waals surface area contributed by atoms with E-state index in [0.29, 0.717) is 38.5 Å². The number of carbonyl (C=O) groups is 11. The van der Waals surface area contributed by atoms with Gasteiger partial charge in [-0.15, -0.1) is 0 Å². The smallest absolute Gasteiger partial charge is 0.245 e. The van der Waals surface area contributed by atoms with Crippen LogP contribution in [-0.4, -0.2) is 187 Å². The number of hydrogen-bond donors (Lipinski definition) is 14. The summed E-state index contributed by atoms with van der Waals surface area (Å²) in [4.78, 5) is 161. The highest BCUT2D eigenvalue weighted by atomic mass is 16.3. The molecule has 0 aliphatic carbocycles. The Hall–Kier alpha value is -6.68. The van der Waals surface area contributed by atoms with Crippen LogP contribution in [0.2, 0.25) is 0 Å². The molecule has 0 aliphatic heterocycles. The van der Waals surface area contributed by atoms with Crippen LogP contribution >= 0.6 is 0 Å². The number of amides is 11. The molecule has 19 N–H and O–H groups in total. The Morgan fingerprint density at radius 1 is 0.433 bits per heavy atom. The van der Waals surface area contributed by atoms with Crippen LogP contribution in [0.4, 0.5) is 0 Å². The molecule has 0 aliphatic rings. The Labute approximate surface area is 580 Å². The zero-order chi connectivity index (χ0) is 73.9. The predicted octanol–water partition coefficient (Wildman–Crippen LogP) is 2.87. The minimum Gasteiger partial charge on any atom is -0.391 e. The Morgan fingerprint density at radius 2 is 0.866 bits per heavy atom. The molecular weight excluding hydrogens is 1240 g/mol. The lowest BCUT2D eigenvalue weighted by Crippen LogP contribution is -2.62. The molecule has 0 radical (unpaired) electrons. The summed E-state index contributed by atoms with van der Waals surface area (Å²) in [6, 6.07) is -11.3. The fraction of sp³-hybridized carbons (Fsp3) is 0.826. The molecule has 0 aromatic heterocycles. The zero-order valence-electron chi connectivity index (χ0n) is 61.6. The number of nitrogens with two attached hydrogens (primary N) is 5. The van der Waals surface area contributed by atoms with Gasteiger partial charge >= 0.3 is 0 Å². The molecule has 97 heavy (non-hydrogen) atoms. The van der Waals surface area contributed by atoms with Crippen molar-refractivity contribution in [1.82, 2.24) is 52.3 Å². The standard InChI is InChI=1S/C69H132N16O12/c1-15-17-18-19-20-21-22-23-24-25-34-56(87)76-42-57(88)77-54(40-45(7)8)68(97)84(13)55(41-46(9)10)64(93)78-49(31-26-28-35-70)61(90)80-51(33-30-37-75-69(73)74)67(96)85(14)59(47(11)16-2)66(95)79-50(32-27-29-36-71)62(91)83-58(48(12)86)65(94)82-53(39-44(5)6)63(92)81-52(60(72)89)38-43(3)4/h43-55,58-59,86H,15-42,70-71H2,1-14H3,(H2,72,89)(H,76,87)(H,77,88)(H,78,93)(H,79,95)(H,80,90)(H,81,92)(H,82,94)(H,83,91)(H4,73,74,75)/t47-,48+,49-,50-,51-,52-,53-,54-,55-,58-,59-/m0/s1. The number of aliphatic imine (C=N–C) groups is 1. The maximum atomic E-state index is 15.1. The summed E-state index contributed by atoms with van der Waals surface area (Å²) < 4.78 is 0. The third-order valence-electron chi connectivity index (χ3n) is 17.1. The minimum absolute atomic E-state index is 0.00873. The highest BCUT2D eigenvalue weighted by Crippen LogP contribution is 2.21. The highest BCUT2D eigenvalue weighted by Gasteiger charge is 2.40. The topological polar surface area (TPSA) is 453 Å². The zero-order valence-corrected chi connectivity index (χ0v) is 61.6. The van der Waals surface area contributed by atoms with Crippen molar-refractivity contribution in [2.24, 2.45) is 63.3 Å². The molecule has 0 spiro atoms. The van der Waals surface area contributed by atoms with Crippen LogP contribution < -0.4 is 71.2 Å². The van der Waals surface area contributed by atoms with Gasteiger partial charge in [-0.05, 0) is 133 Å². The first-order valence-corrected chi connectivity index (χ1v) is 36.0. The number of hydrogen-bond acceptors (Lipinski definition) is 15. The molecular formula is C69H132N16O12. The summed E-state index contributed by atoms with van der Waals surface area (Å²) in [6.07, 6.45) is 12.8. The van der Waals surface area contributed by atoms with Crippen molar-refractivity contribution in [3.8, 4) is 0 Å². The second-order valence-electron chi connectivity index (χ2n) is 28.0. The Morgan fingerprint density at radius 3 is 1.35 bits per heavy atom. The van der Waals surface area contributed by atoms with Crippen molar-refractivity contribution >= 4 is 70.9 Å². The number of aliphatic hydroxyl groups excluding tert-OH is 1. The fourth-order valence-corrected chi connectivity index (χ4v) is 11.4. The van der Waals surface area contributed by atoms with Crippen LogP contribution in [0.5, 0.6) is 0 Å². The summed E-state index contributed by atoms with van der Waals surface area (Å²) in [7, 11) is 2.85. The minimum atomic E-state index is -1.64. The average molecular weight is 1380 g/mol. The van der Waals surface area contributed by atoms with Crippen LogP contribution in [0, 0.1) is 29.6 Å². The molecule has 0 heterocycles. The van der Waals surface area contributed by atoms with Gasteiger partial charge in [0.15, 0.2) is 5.96 Å². The molecule has 0 saturated heterocycles. The maximum Gasteiger partial charge on any atom is 0.245 e. The molecule has 0 saturated carbocycles. The van der Waals surface area contributed by atoms with E-state index in [4.69, 9.17) is 28.7 Å². The van der Waals surface area contributed by atoms with Gasteiger partial charge in [-0.3, -0.25) is 57.7 Å². The molecule has 560 valence electrons. The molecule has 0 rings (SSSR count). The number of guanidine groups is 1. The summed E-state index contributed by atoms with van der Waals surface area (Å²) in [5.74, 6) is -8.70. The van der Waals surface area contributed by atoms with Gasteiger partial charge in [0.25, 0.3) is 0 Å². The Bertz CT molecular complexity index is 2410. The largest absolute Gasteiger partial charge is 0.391 e. The first-order valence-electron chi connectivity index (χ1n) is 36.0. The van der Waals surface area contributed by atoms with Gasteiger partial charge in [0.05, 0.1) is 12.6 Å². The quantitative estimate of drug-likeness (QED) is 0.0236. The first-order chi connectivity index (χ1) is 45.7. The second kappa shape index (κ2) is 50.6. The van der Waals surface area contributed by atoms with Crippen molar-refractivity contribution in [1.29, 1.82) is 0 Å². The van der Waals surface area contributed by atoms with E-state index in [9.17, 15) is 53.1 Å². The van der Waals surface area contributed by atoms with E-state index in [2.05, 4.69) is 54.5 Å². The molecule has 0 aromatic carbocycles. The van der Waals surface area contributed by atoms with Crippen molar-refractivity contribution in [3.05, 3.63) is 0 Å². The van der Waals surface area contributed by atoms with Gasteiger partial charge in [-0.25, -0.2) is 0 Å². The highest BCUT2D eigenvalue weighted by molar-refractivity contribution is 5.99. The van der Waals surface area contributed by atoms with E-state index in [1.54, 1.807) is 13.8 Å². The first kappa shape index (κ1) is 90.3. The molecule has 0 unspecified atom stereocenters.